The molecular formula is C18H24O2S. The normalized spacial score (nSPS) is 19.7. The molecule has 1 atom stereocenters. The lowest BCUT2D eigenvalue weighted by Crippen LogP contribution is -2.47. The Hall–Kier alpha value is -0.900. The van der Waals surface area contributed by atoms with Crippen LogP contribution >= 0.6 is 11.3 Å². The lowest BCUT2D eigenvalue weighted by atomic mass is 9.78. The van der Waals surface area contributed by atoms with Gasteiger partial charge in [0.2, 0.25) is 0 Å². The lowest BCUT2D eigenvalue weighted by molar-refractivity contribution is -0.138. The quantitative estimate of drug-likeness (QED) is 0.878. The number of aliphatic hydroxyl groups is 1. The fourth-order valence-electron chi connectivity index (χ4n) is 3.60. The van der Waals surface area contributed by atoms with E-state index >= 15 is 0 Å². The van der Waals surface area contributed by atoms with Crippen molar-refractivity contribution >= 4 is 21.4 Å². The van der Waals surface area contributed by atoms with Gasteiger partial charge in [-0.3, -0.25) is 0 Å². The van der Waals surface area contributed by atoms with Gasteiger partial charge in [0, 0.05) is 17.7 Å². The third kappa shape index (κ3) is 3.01. The van der Waals surface area contributed by atoms with E-state index < -0.39 is 6.10 Å². The predicted octanol–water partition coefficient (Wildman–Crippen LogP) is 4.54. The summed E-state index contributed by atoms with van der Waals surface area (Å²) >= 11 is 1.76. The Labute approximate surface area is 130 Å². The van der Waals surface area contributed by atoms with Crippen LogP contribution in [0.2, 0.25) is 0 Å². The zero-order chi connectivity index (χ0) is 14.7. The van der Waals surface area contributed by atoms with E-state index in [1.165, 1.54) is 34.9 Å². The average molecular weight is 304 g/mol. The molecule has 3 heteroatoms. The Morgan fingerprint density at radius 2 is 2.00 bits per heavy atom. The molecule has 0 amide bonds. The molecule has 1 aromatic carbocycles. The summed E-state index contributed by atoms with van der Waals surface area (Å²) < 4.78 is 7.35. The topological polar surface area (TPSA) is 29.5 Å². The highest BCUT2D eigenvalue weighted by atomic mass is 32.1. The van der Waals surface area contributed by atoms with Gasteiger partial charge >= 0.3 is 0 Å². The summed E-state index contributed by atoms with van der Waals surface area (Å²) in [4.78, 5) is 0. The molecule has 1 aliphatic carbocycles. The van der Waals surface area contributed by atoms with Crippen molar-refractivity contribution in [1.82, 2.24) is 0 Å². The molecule has 1 N–H and O–H groups in total. The number of ether oxygens (including phenoxy) is 1. The van der Waals surface area contributed by atoms with E-state index in [1.54, 1.807) is 11.3 Å². The van der Waals surface area contributed by atoms with Crippen LogP contribution in [0.25, 0.3) is 10.1 Å². The monoisotopic (exact) mass is 304 g/mol. The molecule has 0 bridgehead atoms. The van der Waals surface area contributed by atoms with Crippen molar-refractivity contribution in [3.8, 4) is 0 Å². The maximum absolute atomic E-state index is 10.9. The standard InChI is InChI=1S/C18H24O2S/c1-2-20-18(10-6-3-7-11-18)17(19)12-14-13-21-16-9-5-4-8-15(14)16/h4-5,8-9,13,17,19H,2-3,6-7,10-12H2,1H3. The van der Waals surface area contributed by atoms with E-state index in [4.69, 9.17) is 4.74 Å². The molecule has 1 saturated carbocycles. The first kappa shape index (κ1) is 15.0. The average Bonchev–Trinajstić information content (AvgIpc) is 2.92. The molecule has 3 rings (SSSR count). The minimum Gasteiger partial charge on any atom is -0.390 e. The highest BCUT2D eigenvalue weighted by Crippen LogP contribution is 2.37. The Bertz CT molecular complexity index is 578. The van der Waals surface area contributed by atoms with Gasteiger partial charge in [-0.2, -0.15) is 0 Å². The van der Waals surface area contributed by atoms with Gasteiger partial charge < -0.3 is 9.84 Å². The SMILES string of the molecule is CCOC1(C(O)Cc2csc3ccccc23)CCCCC1. The van der Waals surface area contributed by atoms with Gasteiger partial charge in [0.05, 0.1) is 11.7 Å². The molecule has 1 unspecified atom stereocenters. The van der Waals surface area contributed by atoms with E-state index in [-0.39, 0.29) is 5.60 Å². The molecule has 114 valence electrons. The summed E-state index contributed by atoms with van der Waals surface area (Å²) in [5, 5.41) is 14.3. The zero-order valence-electron chi connectivity index (χ0n) is 12.7. The van der Waals surface area contributed by atoms with E-state index in [1.807, 2.05) is 6.92 Å². The Morgan fingerprint density at radius 3 is 2.76 bits per heavy atom. The van der Waals surface area contributed by atoms with Gasteiger partial charge in [0.15, 0.2) is 0 Å². The molecule has 1 aliphatic rings. The maximum atomic E-state index is 10.9. The van der Waals surface area contributed by atoms with Crippen LogP contribution in [0.4, 0.5) is 0 Å². The first-order valence-corrected chi connectivity index (χ1v) is 8.90. The fourth-order valence-corrected chi connectivity index (χ4v) is 4.57. The van der Waals surface area contributed by atoms with Crippen LogP contribution in [0, 0.1) is 0 Å². The van der Waals surface area contributed by atoms with E-state index in [0.29, 0.717) is 13.0 Å². The van der Waals surface area contributed by atoms with Crippen molar-refractivity contribution in [2.24, 2.45) is 0 Å². The van der Waals surface area contributed by atoms with E-state index in [9.17, 15) is 5.11 Å². The molecule has 0 spiro atoms. The Morgan fingerprint density at radius 1 is 1.24 bits per heavy atom. The van der Waals surface area contributed by atoms with Gasteiger partial charge in [-0.15, -0.1) is 11.3 Å². The highest BCUT2D eigenvalue weighted by Gasteiger charge is 2.39. The number of thiophene rings is 1. The Kier molecular flexibility index (Phi) is 4.63. The van der Waals surface area contributed by atoms with Crippen LogP contribution in [0.3, 0.4) is 0 Å². The number of hydrogen-bond donors (Lipinski definition) is 1. The summed E-state index contributed by atoms with van der Waals surface area (Å²) in [6, 6.07) is 8.45. The van der Waals surface area contributed by atoms with Crippen LogP contribution in [-0.4, -0.2) is 23.4 Å². The van der Waals surface area contributed by atoms with Gasteiger partial charge in [-0.1, -0.05) is 37.5 Å². The van der Waals surface area contributed by atoms with Crippen LogP contribution in [0.5, 0.6) is 0 Å². The van der Waals surface area contributed by atoms with E-state index in [0.717, 1.165) is 12.8 Å². The van der Waals surface area contributed by atoms with Crippen LogP contribution in [0.1, 0.15) is 44.6 Å². The van der Waals surface area contributed by atoms with Gasteiger partial charge in [-0.05, 0) is 42.2 Å². The highest BCUT2D eigenvalue weighted by molar-refractivity contribution is 7.17. The first-order valence-electron chi connectivity index (χ1n) is 8.02. The second kappa shape index (κ2) is 6.47. The Balaban J connectivity index is 1.82. The molecule has 0 radical (unpaired) electrons. The molecule has 1 fully saturated rings. The fraction of sp³-hybridized carbons (Fsp3) is 0.556. The maximum Gasteiger partial charge on any atom is 0.0943 e. The molecule has 2 aromatic rings. The second-order valence-corrected chi connectivity index (χ2v) is 6.95. The molecule has 0 aliphatic heterocycles. The van der Waals surface area contributed by atoms with Crippen LogP contribution in [-0.2, 0) is 11.2 Å². The summed E-state index contributed by atoms with van der Waals surface area (Å²) in [7, 11) is 0. The number of hydrogen-bond acceptors (Lipinski definition) is 3. The molecule has 21 heavy (non-hydrogen) atoms. The van der Waals surface area contributed by atoms with Crippen LogP contribution < -0.4 is 0 Å². The third-order valence-corrected chi connectivity index (χ3v) is 5.73. The van der Waals surface area contributed by atoms with E-state index in [2.05, 4.69) is 29.6 Å². The number of benzene rings is 1. The minimum atomic E-state index is -0.407. The largest absolute Gasteiger partial charge is 0.390 e. The van der Waals surface area contributed by atoms with Crippen LogP contribution in [0.15, 0.2) is 29.6 Å². The van der Waals surface area contributed by atoms with Crippen molar-refractivity contribution < 1.29 is 9.84 Å². The van der Waals surface area contributed by atoms with Crippen molar-refractivity contribution in [1.29, 1.82) is 0 Å². The predicted molar refractivity (Wildman–Crippen MR) is 89.0 cm³/mol. The summed E-state index contributed by atoms with van der Waals surface area (Å²) in [5.41, 5.74) is 0.934. The lowest BCUT2D eigenvalue weighted by Gasteiger charge is -2.41. The summed E-state index contributed by atoms with van der Waals surface area (Å²) in [6.45, 7) is 2.71. The summed E-state index contributed by atoms with van der Waals surface area (Å²) in [6.07, 6.45) is 5.88. The number of fused-ring (bicyclic) bond motifs is 1. The molecule has 1 aromatic heterocycles. The van der Waals surface area contributed by atoms with Gasteiger partial charge in [0.25, 0.3) is 0 Å². The zero-order valence-corrected chi connectivity index (χ0v) is 13.5. The number of rotatable bonds is 5. The third-order valence-electron chi connectivity index (χ3n) is 4.71. The molecular weight excluding hydrogens is 280 g/mol. The first-order chi connectivity index (χ1) is 10.2. The summed E-state index contributed by atoms with van der Waals surface area (Å²) in [5.74, 6) is 0. The molecule has 2 nitrogen and oxygen atoms in total. The van der Waals surface area contributed by atoms with Gasteiger partial charge in [-0.25, -0.2) is 0 Å². The van der Waals surface area contributed by atoms with Crippen molar-refractivity contribution in [3.05, 3.63) is 35.2 Å². The van der Waals surface area contributed by atoms with Crippen molar-refractivity contribution in [2.45, 2.75) is 57.2 Å². The molecule has 1 heterocycles. The smallest absolute Gasteiger partial charge is 0.0943 e. The second-order valence-electron chi connectivity index (χ2n) is 6.04. The number of aliphatic hydroxyl groups excluding tert-OH is 1. The minimum absolute atomic E-state index is 0.323. The van der Waals surface area contributed by atoms with Gasteiger partial charge in [0.1, 0.15) is 0 Å². The molecule has 0 saturated heterocycles. The van der Waals surface area contributed by atoms with Crippen molar-refractivity contribution in [2.75, 3.05) is 6.61 Å². The van der Waals surface area contributed by atoms with Crippen molar-refractivity contribution in [3.63, 3.8) is 0 Å².